The summed E-state index contributed by atoms with van der Waals surface area (Å²) < 4.78 is 0. The van der Waals surface area contributed by atoms with Crippen LogP contribution in [0.1, 0.15) is 29.9 Å². The van der Waals surface area contributed by atoms with Crippen molar-refractivity contribution in [2.75, 3.05) is 26.2 Å². The first-order chi connectivity index (χ1) is 9.87. The Bertz CT molecular complexity index is 543. The van der Waals surface area contributed by atoms with Crippen molar-refractivity contribution in [2.24, 2.45) is 10.9 Å². The van der Waals surface area contributed by atoms with Gasteiger partial charge in [0.05, 0.1) is 17.3 Å². The average molecular weight is 294 g/mol. The Morgan fingerprint density at radius 3 is 2.52 bits per heavy atom. The molecule has 0 radical (unpaired) electrons. The van der Waals surface area contributed by atoms with Gasteiger partial charge in [0.2, 0.25) is 0 Å². The Balaban J connectivity index is 2.01. The first-order valence-electron chi connectivity index (χ1n) is 6.90. The lowest BCUT2D eigenvalue weighted by atomic mass is 10.00. The molecule has 4 N–H and O–H groups in total. The number of amidine groups is 1. The quantitative estimate of drug-likeness (QED) is 0.314. The molecular formula is C13H22N6O2. The van der Waals surface area contributed by atoms with Gasteiger partial charge in [-0.2, -0.15) is 5.10 Å². The van der Waals surface area contributed by atoms with Crippen LogP contribution < -0.4 is 5.73 Å². The molecule has 1 aromatic rings. The number of oxime groups is 1. The Labute approximate surface area is 123 Å². The summed E-state index contributed by atoms with van der Waals surface area (Å²) in [6, 6.07) is 0. The summed E-state index contributed by atoms with van der Waals surface area (Å²) in [5.41, 5.74) is 6.59. The van der Waals surface area contributed by atoms with Crippen molar-refractivity contribution >= 4 is 11.7 Å². The topological polar surface area (TPSA) is 111 Å². The molecule has 0 spiro atoms. The van der Waals surface area contributed by atoms with E-state index in [1.807, 2.05) is 20.8 Å². The highest BCUT2D eigenvalue weighted by atomic mass is 16.4. The van der Waals surface area contributed by atoms with Gasteiger partial charge in [-0.1, -0.05) is 5.16 Å². The Hall–Kier alpha value is -2.09. The zero-order valence-corrected chi connectivity index (χ0v) is 12.6. The van der Waals surface area contributed by atoms with Crippen LogP contribution in [0.4, 0.5) is 0 Å². The number of hydrogen-bond donors (Lipinski definition) is 3. The highest BCUT2D eigenvalue weighted by Gasteiger charge is 2.35. The minimum Gasteiger partial charge on any atom is -0.409 e. The fourth-order valence-corrected chi connectivity index (χ4v) is 2.49. The number of aromatic nitrogens is 2. The van der Waals surface area contributed by atoms with E-state index >= 15 is 0 Å². The zero-order valence-electron chi connectivity index (χ0n) is 12.6. The van der Waals surface area contributed by atoms with Gasteiger partial charge < -0.3 is 15.8 Å². The lowest BCUT2D eigenvalue weighted by Crippen LogP contribution is -2.60. The molecule has 0 atom stereocenters. The largest absolute Gasteiger partial charge is 0.409 e. The van der Waals surface area contributed by atoms with Gasteiger partial charge in [-0.15, -0.1) is 0 Å². The molecule has 8 nitrogen and oxygen atoms in total. The minimum absolute atomic E-state index is 0.0116. The molecule has 1 aliphatic rings. The fourth-order valence-electron chi connectivity index (χ4n) is 2.49. The second-order valence-electron chi connectivity index (χ2n) is 5.73. The number of carbonyl (C=O) groups excluding carboxylic acids is 1. The molecule has 0 unspecified atom stereocenters. The predicted octanol–water partition coefficient (Wildman–Crippen LogP) is 0.000920. The summed E-state index contributed by atoms with van der Waals surface area (Å²) in [7, 11) is 0. The molecule has 0 bridgehead atoms. The maximum atomic E-state index is 12.4. The maximum absolute atomic E-state index is 12.4. The van der Waals surface area contributed by atoms with Crippen molar-refractivity contribution in [3.63, 3.8) is 0 Å². The van der Waals surface area contributed by atoms with E-state index in [-0.39, 0.29) is 11.7 Å². The highest BCUT2D eigenvalue weighted by Crippen LogP contribution is 2.18. The molecule has 2 rings (SSSR count). The van der Waals surface area contributed by atoms with Crippen molar-refractivity contribution in [1.29, 1.82) is 0 Å². The number of amides is 1. The maximum Gasteiger partial charge on any atom is 0.257 e. The van der Waals surface area contributed by atoms with Crippen LogP contribution in [0.3, 0.4) is 0 Å². The van der Waals surface area contributed by atoms with Gasteiger partial charge in [0.15, 0.2) is 5.84 Å². The molecule has 0 aromatic carbocycles. The van der Waals surface area contributed by atoms with E-state index < -0.39 is 5.54 Å². The van der Waals surface area contributed by atoms with E-state index in [0.29, 0.717) is 31.7 Å². The van der Waals surface area contributed by atoms with E-state index in [2.05, 4.69) is 20.3 Å². The van der Waals surface area contributed by atoms with Crippen molar-refractivity contribution < 1.29 is 10.0 Å². The van der Waals surface area contributed by atoms with E-state index in [4.69, 9.17) is 10.9 Å². The number of hydrogen-bond acceptors (Lipinski definition) is 5. The average Bonchev–Trinajstić information content (AvgIpc) is 2.91. The van der Waals surface area contributed by atoms with Crippen molar-refractivity contribution in [3.8, 4) is 0 Å². The predicted molar refractivity (Wildman–Crippen MR) is 78.3 cm³/mol. The van der Waals surface area contributed by atoms with Crippen LogP contribution >= 0.6 is 0 Å². The monoisotopic (exact) mass is 294 g/mol. The van der Waals surface area contributed by atoms with E-state index in [9.17, 15) is 4.79 Å². The molecule has 0 aliphatic carbocycles. The molecule has 1 saturated heterocycles. The number of H-pyrrole nitrogens is 1. The molecule has 21 heavy (non-hydrogen) atoms. The molecule has 8 heteroatoms. The summed E-state index contributed by atoms with van der Waals surface area (Å²) in [5.74, 6) is 0.162. The number of rotatable bonds is 3. The third-order valence-corrected chi connectivity index (χ3v) is 4.15. The van der Waals surface area contributed by atoms with Gasteiger partial charge >= 0.3 is 0 Å². The van der Waals surface area contributed by atoms with Crippen LogP contribution in [0, 0.1) is 6.92 Å². The highest BCUT2D eigenvalue weighted by molar-refractivity contribution is 5.95. The number of aryl methyl sites for hydroxylation is 1. The van der Waals surface area contributed by atoms with Crippen LogP contribution in [0.5, 0.6) is 0 Å². The lowest BCUT2D eigenvalue weighted by molar-refractivity contribution is 0.0531. The van der Waals surface area contributed by atoms with E-state index in [1.54, 1.807) is 11.1 Å². The van der Waals surface area contributed by atoms with Gasteiger partial charge in [-0.3, -0.25) is 14.8 Å². The van der Waals surface area contributed by atoms with E-state index in [1.165, 1.54) is 0 Å². The van der Waals surface area contributed by atoms with Crippen LogP contribution in [0.25, 0.3) is 0 Å². The van der Waals surface area contributed by atoms with Gasteiger partial charge in [-0.25, -0.2) is 0 Å². The van der Waals surface area contributed by atoms with E-state index in [0.717, 1.165) is 5.69 Å². The summed E-state index contributed by atoms with van der Waals surface area (Å²) in [6.07, 6.45) is 1.56. The third-order valence-electron chi connectivity index (χ3n) is 4.15. The molecule has 0 saturated carbocycles. The molecular weight excluding hydrogens is 272 g/mol. The van der Waals surface area contributed by atoms with Crippen LogP contribution in [-0.4, -0.2) is 68.7 Å². The Morgan fingerprint density at radius 2 is 2.05 bits per heavy atom. The number of nitrogens with two attached hydrogens (primary N) is 1. The van der Waals surface area contributed by atoms with Crippen LogP contribution in [-0.2, 0) is 0 Å². The van der Waals surface area contributed by atoms with Crippen LogP contribution in [0.2, 0.25) is 0 Å². The van der Waals surface area contributed by atoms with Gasteiger partial charge in [0, 0.05) is 31.9 Å². The number of aromatic amines is 1. The molecule has 116 valence electrons. The molecule has 2 heterocycles. The van der Waals surface area contributed by atoms with Crippen molar-refractivity contribution in [2.45, 2.75) is 26.3 Å². The smallest absolute Gasteiger partial charge is 0.257 e. The first-order valence-corrected chi connectivity index (χ1v) is 6.90. The van der Waals surface area contributed by atoms with Gasteiger partial charge in [0.1, 0.15) is 0 Å². The van der Waals surface area contributed by atoms with Crippen molar-refractivity contribution in [3.05, 3.63) is 17.5 Å². The standard InChI is InChI=1S/C13H22N6O2/c1-9-10(8-15-16-9)11(20)18-4-6-19(7-5-18)13(2,3)12(14)17-21/h8,21H,4-7H2,1-3H3,(H2,14,17)(H,15,16). The van der Waals surface area contributed by atoms with Crippen molar-refractivity contribution in [1.82, 2.24) is 20.0 Å². The molecule has 1 aromatic heterocycles. The molecule has 1 fully saturated rings. The molecule has 1 amide bonds. The summed E-state index contributed by atoms with van der Waals surface area (Å²) in [6.45, 7) is 8.19. The van der Waals surface area contributed by atoms with Crippen LogP contribution in [0.15, 0.2) is 11.4 Å². The first kappa shape index (κ1) is 15.3. The van der Waals surface area contributed by atoms with Gasteiger partial charge in [-0.05, 0) is 20.8 Å². The SMILES string of the molecule is Cc1[nH]ncc1C(=O)N1CCN(C(C)(C)C(N)=NO)CC1. The normalized spacial score (nSPS) is 18.0. The summed E-state index contributed by atoms with van der Waals surface area (Å²) >= 11 is 0. The number of nitrogens with one attached hydrogen (secondary N) is 1. The Morgan fingerprint density at radius 1 is 1.43 bits per heavy atom. The van der Waals surface area contributed by atoms with Gasteiger partial charge in [0.25, 0.3) is 5.91 Å². The summed E-state index contributed by atoms with van der Waals surface area (Å²) in [4.78, 5) is 16.3. The number of carbonyl (C=O) groups is 1. The summed E-state index contributed by atoms with van der Waals surface area (Å²) in [5, 5.41) is 18.6. The fraction of sp³-hybridized carbons (Fsp3) is 0.615. The molecule has 1 aliphatic heterocycles. The minimum atomic E-state index is -0.532. The Kier molecular flexibility index (Phi) is 4.17. The number of piperazine rings is 1. The second-order valence-corrected chi connectivity index (χ2v) is 5.73. The third kappa shape index (κ3) is 2.85. The second kappa shape index (κ2) is 5.72. The number of nitrogens with zero attached hydrogens (tertiary/aromatic N) is 4. The zero-order chi connectivity index (χ0) is 15.6. The lowest BCUT2D eigenvalue weighted by Gasteiger charge is -2.43.